The molecule has 2 rings (SSSR count). The first kappa shape index (κ1) is 12.3. The van der Waals surface area contributed by atoms with Crippen LogP contribution in [0.5, 0.6) is 0 Å². The summed E-state index contributed by atoms with van der Waals surface area (Å²) in [5, 5.41) is 0. The molecule has 0 radical (unpaired) electrons. The Bertz CT molecular complexity index is 358. The van der Waals surface area contributed by atoms with Gasteiger partial charge < -0.3 is 10.5 Å². The topological polar surface area (TPSA) is 52.3 Å². The number of ketones is 1. The smallest absolute Gasteiger partial charge is 0.153 e. The zero-order valence-electron chi connectivity index (χ0n) is 9.97. The van der Waals surface area contributed by atoms with Gasteiger partial charge in [-0.1, -0.05) is 30.3 Å². The Morgan fingerprint density at radius 3 is 2.59 bits per heavy atom. The molecule has 1 aromatic rings. The highest BCUT2D eigenvalue weighted by atomic mass is 16.5. The summed E-state index contributed by atoms with van der Waals surface area (Å²) in [7, 11) is 0. The van der Waals surface area contributed by atoms with E-state index < -0.39 is 0 Å². The molecule has 0 bridgehead atoms. The van der Waals surface area contributed by atoms with Crippen molar-refractivity contribution in [2.45, 2.75) is 25.3 Å². The standard InChI is InChI=1S/C14H19NO2/c15-13(10-11-4-2-1-3-5-11)14(16)12-6-8-17-9-7-12/h1-5,12-13H,6-10,15H2. The molecule has 1 aliphatic heterocycles. The average Bonchev–Trinajstić information content (AvgIpc) is 2.40. The number of hydrogen-bond acceptors (Lipinski definition) is 3. The lowest BCUT2D eigenvalue weighted by Gasteiger charge is -2.23. The number of nitrogens with two attached hydrogens (primary N) is 1. The second-order valence-electron chi connectivity index (χ2n) is 4.59. The maximum absolute atomic E-state index is 12.1. The summed E-state index contributed by atoms with van der Waals surface area (Å²) < 4.78 is 5.25. The van der Waals surface area contributed by atoms with Crippen molar-refractivity contribution in [3.05, 3.63) is 35.9 Å². The van der Waals surface area contributed by atoms with Crippen LogP contribution in [0, 0.1) is 5.92 Å². The Labute approximate surface area is 102 Å². The van der Waals surface area contributed by atoms with Crippen molar-refractivity contribution in [2.75, 3.05) is 13.2 Å². The highest BCUT2D eigenvalue weighted by molar-refractivity contribution is 5.86. The first-order chi connectivity index (χ1) is 8.27. The van der Waals surface area contributed by atoms with E-state index in [1.165, 1.54) is 0 Å². The molecule has 1 fully saturated rings. The second kappa shape index (κ2) is 5.94. The fourth-order valence-electron chi connectivity index (χ4n) is 2.25. The molecule has 1 saturated heterocycles. The van der Waals surface area contributed by atoms with Crippen LogP contribution >= 0.6 is 0 Å². The largest absolute Gasteiger partial charge is 0.381 e. The molecule has 17 heavy (non-hydrogen) atoms. The SMILES string of the molecule is NC(Cc1ccccc1)C(=O)C1CCOCC1. The fraction of sp³-hybridized carbons (Fsp3) is 0.500. The molecule has 2 N–H and O–H groups in total. The molecular weight excluding hydrogens is 214 g/mol. The number of ether oxygens (including phenoxy) is 1. The summed E-state index contributed by atoms with van der Waals surface area (Å²) in [4.78, 5) is 12.1. The van der Waals surface area contributed by atoms with Crippen molar-refractivity contribution in [1.29, 1.82) is 0 Å². The second-order valence-corrected chi connectivity index (χ2v) is 4.59. The third-order valence-corrected chi connectivity index (χ3v) is 3.29. The number of carbonyl (C=O) groups excluding carboxylic acids is 1. The van der Waals surface area contributed by atoms with Crippen LogP contribution in [0.3, 0.4) is 0 Å². The monoisotopic (exact) mass is 233 g/mol. The van der Waals surface area contributed by atoms with Crippen molar-refractivity contribution in [1.82, 2.24) is 0 Å². The molecule has 3 nitrogen and oxygen atoms in total. The van der Waals surface area contributed by atoms with Crippen LogP contribution in [0.1, 0.15) is 18.4 Å². The minimum Gasteiger partial charge on any atom is -0.381 e. The lowest BCUT2D eigenvalue weighted by Crippen LogP contribution is -2.39. The van der Waals surface area contributed by atoms with Gasteiger partial charge in [-0.25, -0.2) is 0 Å². The lowest BCUT2D eigenvalue weighted by atomic mass is 9.89. The molecule has 92 valence electrons. The first-order valence-electron chi connectivity index (χ1n) is 6.18. The predicted molar refractivity (Wildman–Crippen MR) is 66.7 cm³/mol. The van der Waals surface area contributed by atoms with Gasteiger partial charge in [-0.05, 0) is 24.8 Å². The maximum atomic E-state index is 12.1. The van der Waals surface area contributed by atoms with E-state index in [0.29, 0.717) is 19.6 Å². The number of hydrogen-bond donors (Lipinski definition) is 1. The third-order valence-electron chi connectivity index (χ3n) is 3.29. The van der Waals surface area contributed by atoms with E-state index >= 15 is 0 Å². The molecule has 1 unspecified atom stereocenters. The van der Waals surface area contributed by atoms with Gasteiger partial charge in [0.1, 0.15) is 0 Å². The molecule has 0 amide bonds. The molecule has 0 spiro atoms. The molecule has 1 aromatic carbocycles. The van der Waals surface area contributed by atoms with Crippen LogP contribution in [0.4, 0.5) is 0 Å². The Morgan fingerprint density at radius 2 is 1.94 bits per heavy atom. The maximum Gasteiger partial charge on any atom is 0.153 e. The van der Waals surface area contributed by atoms with Crippen molar-refractivity contribution in [3.63, 3.8) is 0 Å². The van der Waals surface area contributed by atoms with Crippen LogP contribution in [-0.2, 0) is 16.0 Å². The van der Waals surface area contributed by atoms with Gasteiger partial charge in [0.15, 0.2) is 5.78 Å². The van der Waals surface area contributed by atoms with Crippen LogP contribution in [0.2, 0.25) is 0 Å². The quantitative estimate of drug-likeness (QED) is 0.858. The van der Waals surface area contributed by atoms with E-state index in [1.54, 1.807) is 0 Å². The number of carbonyl (C=O) groups is 1. The zero-order chi connectivity index (χ0) is 12.1. The third kappa shape index (κ3) is 3.38. The van der Waals surface area contributed by atoms with Crippen molar-refractivity contribution in [3.8, 4) is 0 Å². The van der Waals surface area contributed by atoms with E-state index in [2.05, 4.69) is 0 Å². The summed E-state index contributed by atoms with van der Waals surface area (Å²) in [5.74, 6) is 0.291. The predicted octanol–water partition coefficient (Wildman–Crippen LogP) is 1.55. The van der Waals surface area contributed by atoms with Crippen molar-refractivity contribution in [2.24, 2.45) is 11.7 Å². The Kier molecular flexibility index (Phi) is 4.29. The highest BCUT2D eigenvalue weighted by Gasteiger charge is 2.26. The highest BCUT2D eigenvalue weighted by Crippen LogP contribution is 2.18. The molecule has 0 saturated carbocycles. The van der Waals surface area contributed by atoms with E-state index in [-0.39, 0.29) is 17.7 Å². The fourth-order valence-corrected chi connectivity index (χ4v) is 2.25. The van der Waals surface area contributed by atoms with E-state index in [9.17, 15) is 4.79 Å². The molecular formula is C14H19NO2. The Balaban J connectivity index is 1.90. The van der Waals surface area contributed by atoms with Gasteiger partial charge in [-0.15, -0.1) is 0 Å². The Hall–Kier alpha value is -1.19. The summed E-state index contributed by atoms with van der Waals surface area (Å²) in [5.41, 5.74) is 7.12. The van der Waals surface area contributed by atoms with E-state index in [1.807, 2.05) is 30.3 Å². The summed E-state index contributed by atoms with van der Waals surface area (Å²) in [6.45, 7) is 1.38. The molecule has 1 heterocycles. The van der Waals surface area contributed by atoms with Gasteiger partial charge in [0, 0.05) is 19.1 Å². The number of Topliss-reactive ketones (excluding diaryl/α,β-unsaturated/α-hetero) is 1. The minimum atomic E-state index is -0.375. The van der Waals surface area contributed by atoms with Crippen molar-refractivity contribution >= 4 is 5.78 Å². The van der Waals surface area contributed by atoms with Gasteiger partial charge in [0.05, 0.1) is 6.04 Å². The summed E-state index contributed by atoms with van der Waals surface area (Å²) in [6, 6.07) is 9.56. The van der Waals surface area contributed by atoms with Crippen LogP contribution < -0.4 is 5.73 Å². The average molecular weight is 233 g/mol. The zero-order valence-corrected chi connectivity index (χ0v) is 9.97. The van der Waals surface area contributed by atoms with Gasteiger partial charge in [-0.3, -0.25) is 4.79 Å². The first-order valence-corrected chi connectivity index (χ1v) is 6.18. The van der Waals surface area contributed by atoms with E-state index in [0.717, 1.165) is 18.4 Å². The summed E-state index contributed by atoms with van der Waals surface area (Å²) >= 11 is 0. The number of rotatable bonds is 4. The van der Waals surface area contributed by atoms with Gasteiger partial charge >= 0.3 is 0 Å². The molecule has 1 aliphatic rings. The molecule has 3 heteroatoms. The normalized spacial score (nSPS) is 18.9. The van der Waals surface area contributed by atoms with E-state index in [4.69, 9.17) is 10.5 Å². The minimum absolute atomic E-state index is 0.0995. The van der Waals surface area contributed by atoms with Crippen LogP contribution in [0.15, 0.2) is 30.3 Å². The van der Waals surface area contributed by atoms with Crippen LogP contribution in [0.25, 0.3) is 0 Å². The molecule has 1 atom stereocenters. The molecule has 0 aliphatic carbocycles. The summed E-state index contributed by atoms with van der Waals surface area (Å²) in [6.07, 6.45) is 2.28. The van der Waals surface area contributed by atoms with Gasteiger partial charge in [0.2, 0.25) is 0 Å². The molecule has 0 aromatic heterocycles. The van der Waals surface area contributed by atoms with Gasteiger partial charge in [0.25, 0.3) is 0 Å². The van der Waals surface area contributed by atoms with Crippen LogP contribution in [-0.4, -0.2) is 25.0 Å². The lowest BCUT2D eigenvalue weighted by molar-refractivity contribution is -0.126. The van der Waals surface area contributed by atoms with Gasteiger partial charge in [-0.2, -0.15) is 0 Å². The number of benzene rings is 1. The van der Waals surface area contributed by atoms with Crippen molar-refractivity contribution < 1.29 is 9.53 Å². The Morgan fingerprint density at radius 1 is 1.29 bits per heavy atom.